The van der Waals surface area contributed by atoms with Gasteiger partial charge in [0.1, 0.15) is 0 Å². The molecule has 0 unspecified atom stereocenters. The van der Waals surface area contributed by atoms with E-state index in [0.717, 1.165) is 11.3 Å². The third kappa shape index (κ3) is 3.79. The van der Waals surface area contributed by atoms with Crippen molar-refractivity contribution in [2.75, 3.05) is 5.32 Å². The van der Waals surface area contributed by atoms with Crippen molar-refractivity contribution in [2.45, 2.75) is 6.92 Å². The van der Waals surface area contributed by atoms with Gasteiger partial charge in [0.2, 0.25) is 0 Å². The van der Waals surface area contributed by atoms with Gasteiger partial charge >= 0.3 is 0 Å². The van der Waals surface area contributed by atoms with E-state index in [-0.39, 0.29) is 11.0 Å². The number of thiocarbonyl (C=S) groups is 1. The lowest BCUT2D eigenvalue weighted by Gasteiger charge is -2.10. The normalized spacial score (nSPS) is 9.90. The summed E-state index contributed by atoms with van der Waals surface area (Å²) in [6.07, 6.45) is 0. The fourth-order valence-corrected chi connectivity index (χ4v) is 1.99. The average molecular weight is 305 g/mol. The van der Waals surface area contributed by atoms with Crippen LogP contribution in [0.1, 0.15) is 15.9 Å². The van der Waals surface area contributed by atoms with Crippen LogP contribution in [0.4, 0.5) is 5.69 Å². The van der Waals surface area contributed by atoms with Gasteiger partial charge in [0.15, 0.2) is 5.11 Å². The highest BCUT2D eigenvalue weighted by Gasteiger charge is 2.07. The summed E-state index contributed by atoms with van der Waals surface area (Å²) in [5.41, 5.74) is 2.27. The molecule has 0 aliphatic carbocycles. The zero-order valence-electron chi connectivity index (χ0n) is 10.8. The van der Waals surface area contributed by atoms with E-state index in [1.165, 1.54) is 0 Å². The molecule has 0 saturated heterocycles. The number of hydrogen-bond acceptors (Lipinski definition) is 2. The van der Waals surface area contributed by atoms with Gasteiger partial charge in [-0.15, -0.1) is 0 Å². The number of halogens is 1. The van der Waals surface area contributed by atoms with Crippen LogP contribution in [0.5, 0.6) is 0 Å². The molecule has 2 rings (SSSR count). The Kier molecular flexibility index (Phi) is 4.71. The van der Waals surface area contributed by atoms with Crippen LogP contribution in [-0.2, 0) is 0 Å². The molecule has 0 saturated carbocycles. The second-order valence-corrected chi connectivity index (χ2v) is 5.05. The van der Waals surface area contributed by atoms with Crippen LogP contribution in [0.3, 0.4) is 0 Å². The fourth-order valence-electron chi connectivity index (χ4n) is 1.60. The van der Waals surface area contributed by atoms with E-state index >= 15 is 0 Å². The van der Waals surface area contributed by atoms with Crippen LogP contribution >= 0.6 is 23.8 Å². The standard InChI is InChI=1S/C15H13ClN2OS/c1-10-7-8-12(9-13(10)16)17-15(20)18-14(19)11-5-3-2-4-6-11/h2-9H,1H3,(H2,17,18,19,20). The molecule has 3 nitrogen and oxygen atoms in total. The summed E-state index contributed by atoms with van der Waals surface area (Å²) in [7, 11) is 0. The molecule has 2 aromatic carbocycles. The molecule has 1 amide bonds. The number of hydrogen-bond donors (Lipinski definition) is 2. The van der Waals surface area contributed by atoms with Gasteiger partial charge in [-0.05, 0) is 49.0 Å². The highest BCUT2D eigenvalue weighted by Crippen LogP contribution is 2.19. The first-order valence-electron chi connectivity index (χ1n) is 6.00. The Morgan fingerprint density at radius 2 is 1.85 bits per heavy atom. The molecule has 0 radical (unpaired) electrons. The monoisotopic (exact) mass is 304 g/mol. The summed E-state index contributed by atoms with van der Waals surface area (Å²) in [5, 5.41) is 6.42. The Morgan fingerprint density at radius 1 is 1.15 bits per heavy atom. The lowest BCUT2D eigenvalue weighted by Crippen LogP contribution is -2.34. The molecule has 0 fully saturated rings. The molecule has 2 N–H and O–H groups in total. The van der Waals surface area contributed by atoms with Crippen molar-refractivity contribution >= 4 is 40.5 Å². The van der Waals surface area contributed by atoms with Crippen LogP contribution in [-0.4, -0.2) is 11.0 Å². The van der Waals surface area contributed by atoms with Crippen molar-refractivity contribution in [3.63, 3.8) is 0 Å². The van der Waals surface area contributed by atoms with E-state index in [1.807, 2.05) is 25.1 Å². The Hall–Kier alpha value is -1.91. The van der Waals surface area contributed by atoms with Gasteiger partial charge in [-0.3, -0.25) is 10.1 Å². The molecular formula is C15H13ClN2OS. The summed E-state index contributed by atoms with van der Waals surface area (Å²) in [4.78, 5) is 11.9. The third-order valence-electron chi connectivity index (χ3n) is 2.69. The highest BCUT2D eigenvalue weighted by molar-refractivity contribution is 7.80. The molecule has 5 heteroatoms. The van der Waals surface area contributed by atoms with Crippen LogP contribution in [0.25, 0.3) is 0 Å². The van der Waals surface area contributed by atoms with Gasteiger partial charge in [-0.1, -0.05) is 35.9 Å². The lowest BCUT2D eigenvalue weighted by atomic mass is 10.2. The summed E-state index contributed by atoms with van der Waals surface area (Å²) in [5.74, 6) is -0.249. The average Bonchev–Trinajstić information content (AvgIpc) is 2.44. The number of carbonyl (C=O) groups is 1. The maximum atomic E-state index is 11.9. The Morgan fingerprint density at radius 3 is 2.50 bits per heavy atom. The van der Waals surface area contributed by atoms with Crippen LogP contribution in [0.2, 0.25) is 5.02 Å². The Bertz CT molecular complexity index is 644. The van der Waals surface area contributed by atoms with E-state index in [0.29, 0.717) is 10.6 Å². The van der Waals surface area contributed by atoms with Crippen LogP contribution in [0, 0.1) is 6.92 Å². The maximum Gasteiger partial charge on any atom is 0.257 e. The number of benzene rings is 2. The Labute approximate surface area is 128 Å². The van der Waals surface area contributed by atoms with E-state index in [9.17, 15) is 4.79 Å². The first-order valence-corrected chi connectivity index (χ1v) is 6.78. The maximum absolute atomic E-state index is 11.9. The highest BCUT2D eigenvalue weighted by atomic mass is 35.5. The van der Waals surface area contributed by atoms with Crippen molar-refractivity contribution in [3.8, 4) is 0 Å². The van der Waals surface area contributed by atoms with Gasteiger partial charge in [0.05, 0.1) is 0 Å². The Balaban J connectivity index is 1.99. The lowest BCUT2D eigenvalue weighted by molar-refractivity contribution is 0.0978. The quantitative estimate of drug-likeness (QED) is 0.830. The molecular weight excluding hydrogens is 292 g/mol. The molecule has 2 aromatic rings. The van der Waals surface area contributed by atoms with E-state index in [2.05, 4.69) is 10.6 Å². The fraction of sp³-hybridized carbons (Fsp3) is 0.0667. The minimum absolute atomic E-state index is 0.235. The minimum Gasteiger partial charge on any atom is -0.332 e. The van der Waals surface area contributed by atoms with Gasteiger partial charge in [-0.25, -0.2) is 0 Å². The first-order chi connectivity index (χ1) is 9.56. The topological polar surface area (TPSA) is 41.1 Å². The van der Waals surface area contributed by atoms with Gasteiger partial charge in [0.25, 0.3) is 5.91 Å². The second-order valence-electron chi connectivity index (χ2n) is 4.24. The molecule has 0 heterocycles. The predicted molar refractivity (Wildman–Crippen MR) is 86.3 cm³/mol. The van der Waals surface area contributed by atoms with E-state index in [4.69, 9.17) is 23.8 Å². The second kappa shape index (κ2) is 6.50. The van der Waals surface area contributed by atoms with Crippen LogP contribution in [0.15, 0.2) is 48.5 Å². The first kappa shape index (κ1) is 14.5. The zero-order chi connectivity index (χ0) is 14.5. The predicted octanol–water partition coefficient (Wildman–Crippen LogP) is 3.78. The van der Waals surface area contributed by atoms with Crippen LogP contribution < -0.4 is 10.6 Å². The molecule has 0 aliphatic heterocycles. The number of carbonyl (C=O) groups excluding carboxylic acids is 1. The van der Waals surface area contributed by atoms with E-state index < -0.39 is 0 Å². The molecule has 0 aromatic heterocycles. The molecule has 0 bridgehead atoms. The number of anilines is 1. The van der Waals surface area contributed by atoms with Crippen molar-refractivity contribution in [2.24, 2.45) is 0 Å². The smallest absolute Gasteiger partial charge is 0.257 e. The largest absolute Gasteiger partial charge is 0.332 e. The van der Waals surface area contributed by atoms with Crippen molar-refractivity contribution < 1.29 is 4.79 Å². The van der Waals surface area contributed by atoms with Crippen molar-refractivity contribution in [1.29, 1.82) is 0 Å². The summed E-state index contributed by atoms with van der Waals surface area (Å²) < 4.78 is 0. The number of aryl methyl sites for hydroxylation is 1. The summed E-state index contributed by atoms with van der Waals surface area (Å²) in [6.45, 7) is 1.92. The summed E-state index contributed by atoms with van der Waals surface area (Å²) >= 11 is 11.1. The van der Waals surface area contributed by atoms with E-state index in [1.54, 1.807) is 30.3 Å². The zero-order valence-corrected chi connectivity index (χ0v) is 12.4. The molecule has 20 heavy (non-hydrogen) atoms. The molecule has 0 atom stereocenters. The molecule has 0 spiro atoms. The van der Waals surface area contributed by atoms with Gasteiger partial charge < -0.3 is 5.32 Å². The van der Waals surface area contributed by atoms with Crippen molar-refractivity contribution in [3.05, 3.63) is 64.7 Å². The molecule has 102 valence electrons. The minimum atomic E-state index is -0.249. The summed E-state index contributed by atoms with van der Waals surface area (Å²) in [6, 6.07) is 14.4. The van der Waals surface area contributed by atoms with Gasteiger partial charge in [-0.2, -0.15) is 0 Å². The third-order valence-corrected chi connectivity index (χ3v) is 3.30. The van der Waals surface area contributed by atoms with Crippen molar-refractivity contribution in [1.82, 2.24) is 5.32 Å². The van der Waals surface area contributed by atoms with Gasteiger partial charge in [0, 0.05) is 16.3 Å². The SMILES string of the molecule is Cc1ccc(NC(=S)NC(=O)c2ccccc2)cc1Cl. The molecule has 0 aliphatic rings. The number of nitrogens with one attached hydrogen (secondary N) is 2. The number of rotatable bonds is 2. The number of amides is 1.